The molecule has 2 heterocycles. The van der Waals surface area contributed by atoms with Gasteiger partial charge in [-0.15, -0.1) is 0 Å². The van der Waals surface area contributed by atoms with Crippen LogP contribution in [0.15, 0.2) is 30.5 Å². The first-order valence-electron chi connectivity index (χ1n) is 7.61. The van der Waals surface area contributed by atoms with E-state index in [1.54, 1.807) is 4.90 Å². The van der Waals surface area contributed by atoms with Crippen LogP contribution in [-0.4, -0.2) is 39.7 Å². The highest BCUT2D eigenvalue weighted by atomic mass is 16.3. The smallest absolute Gasteiger partial charge is 0.256 e. The van der Waals surface area contributed by atoms with E-state index in [1.807, 2.05) is 24.4 Å². The van der Waals surface area contributed by atoms with Gasteiger partial charge >= 0.3 is 0 Å². The zero-order chi connectivity index (χ0) is 15.0. The van der Waals surface area contributed by atoms with Gasteiger partial charge in [-0.2, -0.15) is 0 Å². The van der Waals surface area contributed by atoms with Gasteiger partial charge in [-0.1, -0.05) is 32.0 Å². The van der Waals surface area contributed by atoms with E-state index in [2.05, 4.69) is 24.5 Å². The number of β-amino-alcohol motifs (C(OH)–C–C–N with tert-alkyl or cyclic N) is 1. The van der Waals surface area contributed by atoms with Gasteiger partial charge in [0.05, 0.1) is 11.7 Å². The Morgan fingerprint density at radius 3 is 2.81 bits per heavy atom. The molecule has 21 heavy (non-hydrogen) atoms. The number of aliphatic hydroxyl groups is 1. The average Bonchev–Trinajstić information content (AvgIpc) is 3.03. The summed E-state index contributed by atoms with van der Waals surface area (Å²) in [6.45, 7) is 6.34. The van der Waals surface area contributed by atoms with Crippen LogP contribution in [0.3, 0.4) is 0 Å². The van der Waals surface area contributed by atoms with Crippen LogP contribution in [0.1, 0.15) is 30.6 Å². The number of carbonyl (C=O) groups is 1. The zero-order valence-electron chi connectivity index (χ0n) is 12.6. The number of hydrogen-bond acceptors (Lipinski definition) is 2. The van der Waals surface area contributed by atoms with Crippen molar-refractivity contribution < 1.29 is 9.90 Å². The second-order valence-electron chi connectivity index (χ2n) is 6.30. The van der Waals surface area contributed by atoms with Crippen LogP contribution < -0.4 is 0 Å². The topological polar surface area (TPSA) is 45.5 Å². The van der Waals surface area contributed by atoms with E-state index >= 15 is 0 Å². The highest BCUT2D eigenvalue weighted by Crippen LogP contribution is 2.25. The largest absolute Gasteiger partial charge is 0.391 e. The first kappa shape index (κ1) is 14.1. The summed E-state index contributed by atoms with van der Waals surface area (Å²) >= 11 is 0. The van der Waals surface area contributed by atoms with Crippen molar-refractivity contribution in [2.75, 3.05) is 13.1 Å². The van der Waals surface area contributed by atoms with E-state index in [9.17, 15) is 9.90 Å². The summed E-state index contributed by atoms with van der Waals surface area (Å²) in [5.41, 5.74) is 1.86. The highest BCUT2D eigenvalue weighted by Gasteiger charge is 2.27. The molecule has 1 atom stereocenters. The molecule has 0 radical (unpaired) electrons. The molecular formula is C17H22N2O2. The van der Waals surface area contributed by atoms with Gasteiger partial charge in [-0.25, -0.2) is 0 Å². The molecule has 0 spiro atoms. The monoisotopic (exact) mass is 286 g/mol. The van der Waals surface area contributed by atoms with Crippen molar-refractivity contribution in [3.05, 3.63) is 36.0 Å². The molecule has 4 heteroatoms. The lowest BCUT2D eigenvalue weighted by Crippen LogP contribution is -2.29. The molecular weight excluding hydrogens is 264 g/mol. The van der Waals surface area contributed by atoms with Crippen molar-refractivity contribution in [2.45, 2.75) is 32.9 Å². The van der Waals surface area contributed by atoms with Crippen LogP contribution in [0.5, 0.6) is 0 Å². The minimum Gasteiger partial charge on any atom is -0.391 e. The van der Waals surface area contributed by atoms with Crippen LogP contribution in [-0.2, 0) is 6.54 Å². The molecule has 0 bridgehead atoms. The lowest BCUT2D eigenvalue weighted by atomic mass is 10.1. The van der Waals surface area contributed by atoms with E-state index in [0.29, 0.717) is 25.4 Å². The summed E-state index contributed by atoms with van der Waals surface area (Å²) in [6.07, 6.45) is 2.27. The van der Waals surface area contributed by atoms with E-state index < -0.39 is 0 Å². The molecule has 1 aromatic carbocycles. The molecule has 1 aliphatic rings. The average molecular weight is 286 g/mol. The van der Waals surface area contributed by atoms with Crippen molar-refractivity contribution in [3.63, 3.8) is 0 Å². The molecule has 0 aliphatic carbocycles. The number of amides is 1. The molecule has 2 aromatic rings. The second-order valence-corrected chi connectivity index (χ2v) is 6.30. The van der Waals surface area contributed by atoms with Crippen molar-refractivity contribution >= 4 is 16.8 Å². The number of nitrogens with zero attached hydrogens (tertiary/aromatic N) is 2. The van der Waals surface area contributed by atoms with Gasteiger partial charge in [0.25, 0.3) is 5.91 Å². The molecule has 1 aromatic heterocycles. The molecule has 1 fully saturated rings. The van der Waals surface area contributed by atoms with Gasteiger partial charge in [0.2, 0.25) is 0 Å². The Morgan fingerprint density at radius 1 is 1.38 bits per heavy atom. The van der Waals surface area contributed by atoms with Crippen LogP contribution in [0.25, 0.3) is 10.9 Å². The van der Waals surface area contributed by atoms with E-state index in [4.69, 9.17) is 0 Å². The van der Waals surface area contributed by atoms with Gasteiger partial charge in [0.1, 0.15) is 0 Å². The quantitative estimate of drug-likeness (QED) is 0.942. The van der Waals surface area contributed by atoms with Gasteiger partial charge in [0.15, 0.2) is 0 Å². The van der Waals surface area contributed by atoms with E-state index in [1.165, 1.54) is 0 Å². The number of likely N-dealkylation sites (tertiary alicyclic amines) is 1. The zero-order valence-corrected chi connectivity index (χ0v) is 12.6. The number of aliphatic hydroxyl groups excluding tert-OH is 1. The molecule has 3 rings (SSSR count). The Kier molecular flexibility index (Phi) is 3.72. The van der Waals surface area contributed by atoms with E-state index in [-0.39, 0.29) is 12.0 Å². The summed E-state index contributed by atoms with van der Waals surface area (Å²) in [7, 11) is 0. The number of benzene rings is 1. The summed E-state index contributed by atoms with van der Waals surface area (Å²) in [5, 5.41) is 10.6. The van der Waals surface area contributed by atoms with E-state index in [0.717, 1.165) is 23.0 Å². The Morgan fingerprint density at radius 2 is 2.14 bits per heavy atom. The number of carbonyl (C=O) groups excluding carboxylic acids is 1. The van der Waals surface area contributed by atoms with Gasteiger partial charge in [-0.05, 0) is 18.4 Å². The Labute approximate surface area is 125 Å². The number of para-hydroxylation sites is 1. The molecule has 0 unspecified atom stereocenters. The predicted octanol–water partition coefficient (Wildman–Crippen LogP) is 2.50. The third-order valence-corrected chi connectivity index (χ3v) is 4.03. The number of rotatable bonds is 3. The van der Waals surface area contributed by atoms with Crippen molar-refractivity contribution in [2.24, 2.45) is 5.92 Å². The fraction of sp³-hybridized carbons (Fsp3) is 0.471. The minimum atomic E-state index is -0.377. The third kappa shape index (κ3) is 2.68. The maximum absolute atomic E-state index is 12.7. The Bertz CT molecular complexity index is 660. The highest BCUT2D eigenvalue weighted by molar-refractivity contribution is 6.07. The Hall–Kier alpha value is -1.81. The summed E-state index contributed by atoms with van der Waals surface area (Å²) in [6, 6.07) is 8.05. The molecule has 1 saturated heterocycles. The van der Waals surface area contributed by atoms with Crippen LogP contribution >= 0.6 is 0 Å². The predicted molar refractivity (Wildman–Crippen MR) is 83.3 cm³/mol. The van der Waals surface area contributed by atoms with Crippen molar-refractivity contribution in [1.82, 2.24) is 9.47 Å². The molecule has 0 saturated carbocycles. The summed E-state index contributed by atoms with van der Waals surface area (Å²) in [4.78, 5) is 14.5. The molecule has 112 valence electrons. The fourth-order valence-electron chi connectivity index (χ4n) is 3.06. The fourth-order valence-corrected chi connectivity index (χ4v) is 3.06. The third-order valence-electron chi connectivity index (χ3n) is 4.03. The lowest BCUT2D eigenvalue weighted by molar-refractivity contribution is 0.0766. The first-order valence-corrected chi connectivity index (χ1v) is 7.61. The Balaban J connectivity index is 2.00. The molecule has 1 aliphatic heterocycles. The molecule has 4 nitrogen and oxygen atoms in total. The van der Waals surface area contributed by atoms with Crippen LogP contribution in [0.2, 0.25) is 0 Å². The van der Waals surface area contributed by atoms with Crippen LogP contribution in [0, 0.1) is 5.92 Å². The summed E-state index contributed by atoms with van der Waals surface area (Å²) < 4.78 is 2.17. The molecule has 1 amide bonds. The maximum atomic E-state index is 12.7. The van der Waals surface area contributed by atoms with Crippen molar-refractivity contribution in [3.8, 4) is 0 Å². The number of hydrogen-bond donors (Lipinski definition) is 1. The standard InChI is InChI=1S/C17H22N2O2/c1-12(2)9-19-11-15(14-5-3-4-6-16(14)19)17(21)18-8-7-13(20)10-18/h3-6,11-13,20H,7-10H2,1-2H3/t13-/m1/s1. The molecule has 1 N–H and O–H groups in total. The second kappa shape index (κ2) is 5.53. The number of aromatic nitrogens is 1. The van der Waals surface area contributed by atoms with Crippen LogP contribution in [0.4, 0.5) is 0 Å². The van der Waals surface area contributed by atoms with Gasteiger partial charge in [-0.3, -0.25) is 4.79 Å². The van der Waals surface area contributed by atoms with Gasteiger partial charge < -0.3 is 14.6 Å². The number of fused-ring (bicyclic) bond motifs is 1. The minimum absolute atomic E-state index is 0.0326. The summed E-state index contributed by atoms with van der Waals surface area (Å²) in [5.74, 6) is 0.558. The SMILES string of the molecule is CC(C)Cn1cc(C(=O)N2CC[C@@H](O)C2)c2ccccc21. The first-order chi connectivity index (χ1) is 10.1. The van der Waals surface area contributed by atoms with Gasteiger partial charge in [0, 0.05) is 36.7 Å². The maximum Gasteiger partial charge on any atom is 0.256 e. The lowest BCUT2D eigenvalue weighted by Gasteiger charge is -2.14. The normalized spacial score (nSPS) is 18.9. The van der Waals surface area contributed by atoms with Crippen molar-refractivity contribution in [1.29, 1.82) is 0 Å².